The highest BCUT2D eigenvalue weighted by Gasteiger charge is 2.36. The molecule has 1 heterocycles. The van der Waals surface area contributed by atoms with E-state index in [0.717, 1.165) is 6.08 Å². The second-order valence-electron chi connectivity index (χ2n) is 11.8. The number of nitrogens with zero attached hydrogens (tertiary/aromatic N) is 1. The molecule has 1 aliphatic heterocycles. The second-order valence-corrected chi connectivity index (χ2v) is 11.8. The van der Waals surface area contributed by atoms with Crippen LogP contribution in [0.4, 0.5) is 4.79 Å². The smallest absolute Gasteiger partial charge is 0.405 e. The number of ether oxygens (including phenoxy) is 3. The number of nitrogens with two attached hydrogens (primary N) is 1. The van der Waals surface area contributed by atoms with E-state index in [9.17, 15) is 24.3 Å². The van der Waals surface area contributed by atoms with Gasteiger partial charge in [0.2, 0.25) is 11.6 Å². The van der Waals surface area contributed by atoms with Gasteiger partial charge in [0.1, 0.15) is 0 Å². The van der Waals surface area contributed by atoms with Gasteiger partial charge < -0.3 is 40.6 Å². The van der Waals surface area contributed by atoms with E-state index < -0.39 is 47.3 Å². The summed E-state index contributed by atoms with van der Waals surface area (Å²) in [6.45, 7) is 7.97. The number of amides is 2. The van der Waals surface area contributed by atoms with Gasteiger partial charge in [0.15, 0.2) is 5.60 Å². The Labute approximate surface area is 260 Å². The molecule has 0 saturated carbocycles. The normalized spacial score (nSPS) is 30.7. The number of carbonyl (C=O) groups is 4. The summed E-state index contributed by atoms with van der Waals surface area (Å²) in [6, 6.07) is 0. The molecule has 2 bridgehead atoms. The van der Waals surface area contributed by atoms with Crippen LogP contribution in [-0.2, 0) is 28.6 Å². The van der Waals surface area contributed by atoms with E-state index in [1.165, 1.54) is 32.4 Å². The largest absolute Gasteiger partial charge is 0.432 e. The van der Waals surface area contributed by atoms with Crippen LogP contribution < -0.4 is 16.4 Å². The predicted octanol–water partition coefficient (Wildman–Crippen LogP) is 1.91. The second kappa shape index (κ2) is 16.5. The van der Waals surface area contributed by atoms with Crippen LogP contribution in [0.1, 0.15) is 40.5 Å². The summed E-state index contributed by atoms with van der Waals surface area (Å²) in [6.07, 6.45) is 5.34. The standard InChI is InChI=1S/C32H48N4O8/c1-19-14-23-27(34-12-13-36(5)6)25(37)17-24(29(23)39)35-30(40)20(2)10-9-11-32(18-42-7,44-31(33)41)22(4)16-21(3)28(38)26(15-19)43-8/h9-11,16-17,19,21,26,28,34,38H,12-15,18H2,1-8H3,(H2,33,41)(H,35,40)/b11-9-,20-10+,22-16+/t19-,21+,26+,28-,32+/m1/s1. The van der Waals surface area contributed by atoms with Gasteiger partial charge in [-0.1, -0.05) is 32.1 Å². The van der Waals surface area contributed by atoms with Gasteiger partial charge in [-0.15, -0.1) is 0 Å². The van der Waals surface area contributed by atoms with E-state index in [2.05, 4.69) is 10.6 Å². The van der Waals surface area contributed by atoms with Crippen LogP contribution in [0.2, 0.25) is 0 Å². The van der Waals surface area contributed by atoms with E-state index in [-0.39, 0.29) is 41.5 Å². The summed E-state index contributed by atoms with van der Waals surface area (Å²) >= 11 is 0. The number of aliphatic hydroxyl groups excluding tert-OH is 1. The lowest BCUT2D eigenvalue weighted by molar-refractivity contribution is -0.120. The SMILES string of the molecule is COC[C@@]1(OC(N)=O)/C=C\C=C(/C)C(=O)NC2=CC(=O)C(NCCN(C)C)=C(C[C@@H](C)C[C@H](OC)[C@H](O)[C@@H](C)/C=C/1C)C2=O. The minimum Gasteiger partial charge on any atom is -0.432 e. The van der Waals surface area contributed by atoms with Gasteiger partial charge in [0.25, 0.3) is 5.91 Å². The van der Waals surface area contributed by atoms with Gasteiger partial charge in [0.05, 0.1) is 30.2 Å². The fourth-order valence-corrected chi connectivity index (χ4v) is 5.23. The molecular weight excluding hydrogens is 568 g/mol. The van der Waals surface area contributed by atoms with Crippen molar-refractivity contribution in [3.63, 3.8) is 0 Å². The van der Waals surface area contributed by atoms with Gasteiger partial charge in [-0.05, 0) is 58.4 Å². The fourth-order valence-electron chi connectivity index (χ4n) is 5.23. The molecule has 12 heteroatoms. The van der Waals surface area contributed by atoms with Crippen molar-refractivity contribution < 1.29 is 38.5 Å². The Kier molecular flexibility index (Phi) is 13.7. The first-order valence-electron chi connectivity index (χ1n) is 14.6. The van der Waals surface area contributed by atoms with Gasteiger partial charge in [-0.2, -0.15) is 0 Å². The number of primary amides is 1. The molecule has 0 aromatic carbocycles. The molecule has 2 amide bonds. The zero-order chi connectivity index (χ0) is 33.2. The number of hydrogen-bond acceptors (Lipinski definition) is 10. The van der Waals surface area contributed by atoms with Gasteiger partial charge in [-0.3, -0.25) is 14.4 Å². The van der Waals surface area contributed by atoms with Crippen LogP contribution in [0, 0.1) is 11.8 Å². The van der Waals surface area contributed by atoms with Crippen molar-refractivity contribution in [3.8, 4) is 0 Å². The highest BCUT2D eigenvalue weighted by Crippen LogP contribution is 2.30. The van der Waals surface area contributed by atoms with Crippen molar-refractivity contribution in [2.24, 2.45) is 17.6 Å². The fraction of sp³-hybridized carbons (Fsp3) is 0.562. The molecule has 2 aliphatic rings. The van der Waals surface area contributed by atoms with Crippen LogP contribution >= 0.6 is 0 Å². The zero-order valence-corrected chi connectivity index (χ0v) is 27.1. The summed E-state index contributed by atoms with van der Waals surface area (Å²) in [5.74, 6) is -2.13. The first kappa shape index (κ1) is 36.6. The molecular formula is C32H48N4O8. The lowest BCUT2D eigenvalue weighted by Crippen LogP contribution is -2.42. The summed E-state index contributed by atoms with van der Waals surface area (Å²) in [4.78, 5) is 53.9. The third-order valence-electron chi connectivity index (χ3n) is 7.75. The first-order chi connectivity index (χ1) is 20.6. The molecule has 5 N–H and O–H groups in total. The van der Waals surface area contributed by atoms with Crippen LogP contribution in [0.5, 0.6) is 0 Å². The van der Waals surface area contributed by atoms with Crippen molar-refractivity contribution in [3.05, 3.63) is 58.5 Å². The Morgan fingerprint density at radius 3 is 2.48 bits per heavy atom. The minimum atomic E-state index is -1.44. The topological polar surface area (TPSA) is 170 Å². The molecule has 0 radical (unpaired) electrons. The van der Waals surface area contributed by atoms with Crippen LogP contribution in [-0.4, -0.2) is 99.4 Å². The third kappa shape index (κ3) is 9.71. The number of methoxy groups -OCH3 is 2. The Balaban J connectivity index is 2.66. The monoisotopic (exact) mass is 616 g/mol. The molecule has 44 heavy (non-hydrogen) atoms. The van der Waals surface area contributed by atoms with Crippen molar-refractivity contribution in [1.29, 1.82) is 0 Å². The quantitative estimate of drug-likeness (QED) is 0.233. The predicted molar refractivity (Wildman–Crippen MR) is 166 cm³/mol. The highest BCUT2D eigenvalue weighted by atomic mass is 16.6. The number of hydrogen-bond donors (Lipinski definition) is 4. The van der Waals surface area contributed by atoms with E-state index in [1.54, 1.807) is 26.8 Å². The Hall–Kier alpha value is -3.58. The summed E-state index contributed by atoms with van der Waals surface area (Å²) < 4.78 is 16.6. The number of carbonyl (C=O) groups excluding carboxylic acids is 4. The highest BCUT2D eigenvalue weighted by molar-refractivity contribution is 6.23. The van der Waals surface area contributed by atoms with Gasteiger partial charge in [0, 0.05) is 50.4 Å². The van der Waals surface area contributed by atoms with Crippen LogP contribution in [0.25, 0.3) is 0 Å². The molecule has 0 spiro atoms. The first-order valence-corrected chi connectivity index (χ1v) is 14.6. The molecule has 2 rings (SSSR count). The number of aliphatic hydroxyl groups is 1. The zero-order valence-electron chi connectivity index (χ0n) is 27.1. The van der Waals surface area contributed by atoms with E-state index >= 15 is 0 Å². The summed E-state index contributed by atoms with van der Waals surface area (Å²) in [7, 11) is 6.75. The number of rotatable bonds is 8. The maximum atomic E-state index is 13.7. The number of fused-ring (bicyclic) bond motifs is 2. The number of Topliss-reactive ketones (excluding diaryl/α,β-unsaturated/α-hetero) is 1. The molecule has 12 nitrogen and oxygen atoms in total. The number of nitrogens with one attached hydrogen (secondary N) is 2. The molecule has 0 unspecified atom stereocenters. The number of likely N-dealkylation sites (N-methyl/N-ethyl adjacent to an activating group) is 1. The van der Waals surface area contributed by atoms with Crippen molar-refractivity contribution >= 4 is 23.6 Å². The maximum absolute atomic E-state index is 13.7. The maximum Gasteiger partial charge on any atom is 0.405 e. The summed E-state index contributed by atoms with van der Waals surface area (Å²) in [5.41, 5.74) is 5.09. The Bertz CT molecular complexity index is 1250. The Morgan fingerprint density at radius 1 is 1.20 bits per heavy atom. The number of allylic oxidation sites excluding steroid dienone is 4. The van der Waals surface area contributed by atoms with Crippen molar-refractivity contribution in [2.75, 3.05) is 48.0 Å². The lowest BCUT2D eigenvalue weighted by Gasteiger charge is -2.33. The molecule has 0 aromatic heterocycles. The van der Waals surface area contributed by atoms with Crippen LogP contribution in [0.3, 0.4) is 0 Å². The third-order valence-corrected chi connectivity index (χ3v) is 7.75. The lowest BCUT2D eigenvalue weighted by atomic mass is 9.84. The average molecular weight is 617 g/mol. The molecule has 0 aromatic rings. The molecule has 1 aliphatic carbocycles. The van der Waals surface area contributed by atoms with E-state index in [1.807, 2.05) is 25.9 Å². The van der Waals surface area contributed by atoms with Crippen molar-refractivity contribution in [2.45, 2.75) is 58.3 Å². The number of ketones is 2. The summed E-state index contributed by atoms with van der Waals surface area (Å²) in [5, 5.41) is 17.0. The van der Waals surface area contributed by atoms with E-state index in [0.29, 0.717) is 25.1 Å². The minimum absolute atomic E-state index is 0.0923. The van der Waals surface area contributed by atoms with Gasteiger partial charge >= 0.3 is 6.09 Å². The molecule has 244 valence electrons. The Morgan fingerprint density at radius 2 is 1.89 bits per heavy atom. The van der Waals surface area contributed by atoms with E-state index in [4.69, 9.17) is 19.9 Å². The molecule has 0 fully saturated rings. The molecule has 0 saturated heterocycles. The molecule has 5 atom stereocenters. The van der Waals surface area contributed by atoms with Crippen molar-refractivity contribution in [1.82, 2.24) is 15.5 Å². The van der Waals surface area contributed by atoms with Crippen LogP contribution in [0.15, 0.2) is 58.5 Å². The average Bonchev–Trinajstić information content (AvgIpc) is 2.94. The van der Waals surface area contributed by atoms with Gasteiger partial charge in [-0.25, -0.2) is 4.79 Å².